The maximum Gasteiger partial charge on any atom is 0.193 e. The summed E-state index contributed by atoms with van der Waals surface area (Å²) in [6.45, 7) is 11.7. The van der Waals surface area contributed by atoms with Gasteiger partial charge in [0.15, 0.2) is 10.9 Å². The fourth-order valence-electron chi connectivity index (χ4n) is 2.84. The molecule has 2 N–H and O–H groups in total. The number of aliphatic imine (C=N–C) groups is 1. The van der Waals surface area contributed by atoms with E-state index in [9.17, 15) is 0 Å². The Morgan fingerprint density at radius 2 is 2.00 bits per heavy atom. The van der Waals surface area contributed by atoms with Gasteiger partial charge in [0.05, 0.1) is 12.2 Å². The van der Waals surface area contributed by atoms with Crippen LogP contribution >= 0.6 is 35.3 Å². The fourth-order valence-corrected chi connectivity index (χ4v) is 3.56. The van der Waals surface area contributed by atoms with E-state index in [1.165, 1.54) is 0 Å². The second kappa shape index (κ2) is 11.0. The van der Waals surface area contributed by atoms with Gasteiger partial charge in [-0.2, -0.15) is 0 Å². The number of imidazole rings is 1. The largest absolute Gasteiger partial charge is 0.356 e. The smallest absolute Gasteiger partial charge is 0.193 e. The normalized spacial score (nSPS) is 12.2. The van der Waals surface area contributed by atoms with Crippen LogP contribution < -0.4 is 10.6 Å². The second-order valence-electron chi connectivity index (χ2n) is 6.46. The maximum atomic E-state index is 4.57. The highest BCUT2D eigenvalue weighted by atomic mass is 127. The lowest BCUT2D eigenvalue weighted by molar-refractivity contribution is 0.173. The highest BCUT2D eigenvalue weighted by Gasteiger charge is 2.12. The molecule has 0 aliphatic rings. The Balaban J connectivity index is 0.00000312. The molecule has 0 aliphatic carbocycles. The number of aromatic nitrogens is 2. The van der Waals surface area contributed by atoms with Crippen molar-refractivity contribution in [3.63, 3.8) is 0 Å². The van der Waals surface area contributed by atoms with E-state index in [0.717, 1.165) is 36.1 Å². The van der Waals surface area contributed by atoms with E-state index in [2.05, 4.69) is 59.4 Å². The SMILES string of the molecule is CN=C(NCCCN(C(C)C)C(C)C)NCc1cn2ccsc2n1.I. The number of hydrogen-bond acceptors (Lipinski definition) is 4. The summed E-state index contributed by atoms with van der Waals surface area (Å²) in [4.78, 5) is 12.4. The fraction of sp³-hybridized carbons (Fsp3) is 0.647. The van der Waals surface area contributed by atoms with Crippen LogP contribution in [0.2, 0.25) is 0 Å². The lowest BCUT2D eigenvalue weighted by Crippen LogP contribution is -2.41. The summed E-state index contributed by atoms with van der Waals surface area (Å²) in [6.07, 6.45) is 5.17. The predicted molar refractivity (Wildman–Crippen MR) is 118 cm³/mol. The molecule has 0 radical (unpaired) electrons. The topological polar surface area (TPSA) is 57.0 Å². The number of guanidine groups is 1. The minimum Gasteiger partial charge on any atom is -0.356 e. The summed E-state index contributed by atoms with van der Waals surface area (Å²) in [5.41, 5.74) is 1.02. The Hall–Kier alpha value is -0.870. The summed E-state index contributed by atoms with van der Waals surface area (Å²) in [5.74, 6) is 0.826. The van der Waals surface area contributed by atoms with Crippen molar-refractivity contribution in [3.05, 3.63) is 23.5 Å². The van der Waals surface area contributed by atoms with Gasteiger partial charge in [0, 0.05) is 50.0 Å². The van der Waals surface area contributed by atoms with Gasteiger partial charge in [-0.25, -0.2) is 4.98 Å². The molecule has 0 bridgehead atoms. The van der Waals surface area contributed by atoms with E-state index in [-0.39, 0.29) is 24.0 Å². The van der Waals surface area contributed by atoms with Crippen LogP contribution in [0.15, 0.2) is 22.8 Å². The molecule has 0 fully saturated rings. The summed E-state index contributed by atoms with van der Waals surface area (Å²) >= 11 is 1.65. The van der Waals surface area contributed by atoms with E-state index in [0.29, 0.717) is 18.6 Å². The lowest BCUT2D eigenvalue weighted by atomic mass is 10.2. The summed E-state index contributed by atoms with van der Waals surface area (Å²) in [5, 5.41) is 8.74. The molecule has 8 heteroatoms. The summed E-state index contributed by atoms with van der Waals surface area (Å²) in [7, 11) is 1.80. The van der Waals surface area contributed by atoms with E-state index in [1.807, 2.05) is 16.0 Å². The van der Waals surface area contributed by atoms with Crippen LogP contribution in [0.5, 0.6) is 0 Å². The zero-order valence-electron chi connectivity index (χ0n) is 15.8. The van der Waals surface area contributed by atoms with Gasteiger partial charge in [0.1, 0.15) is 0 Å². The molecule has 142 valence electrons. The monoisotopic (exact) mass is 478 g/mol. The van der Waals surface area contributed by atoms with E-state index in [4.69, 9.17) is 0 Å². The first-order valence-corrected chi connectivity index (χ1v) is 9.50. The van der Waals surface area contributed by atoms with Crippen LogP contribution in [0.4, 0.5) is 0 Å². The molecule has 0 aliphatic heterocycles. The van der Waals surface area contributed by atoms with Gasteiger partial charge in [-0.3, -0.25) is 14.3 Å². The van der Waals surface area contributed by atoms with Crippen molar-refractivity contribution in [2.45, 2.75) is 52.7 Å². The van der Waals surface area contributed by atoms with Crippen LogP contribution in [-0.4, -0.2) is 52.5 Å². The van der Waals surface area contributed by atoms with Crippen LogP contribution in [0.25, 0.3) is 4.96 Å². The number of thiazole rings is 1. The minimum atomic E-state index is 0. The van der Waals surface area contributed by atoms with E-state index >= 15 is 0 Å². The van der Waals surface area contributed by atoms with Gasteiger partial charge in [-0.05, 0) is 34.1 Å². The van der Waals surface area contributed by atoms with Crippen molar-refractivity contribution in [1.82, 2.24) is 24.9 Å². The predicted octanol–water partition coefficient (Wildman–Crippen LogP) is 3.19. The molecule has 2 heterocycles. The van der Waals surface area contributed by atoms with Crippen molar-refractivity contribution in [2.24, 2.45) is 4.99 Å². The molecule has 0 atom stereocenters. The highest BCUT2D eigenvalue weighted by molar-refractivity contribution is 14.0. The molecular weight excluding hydrogens is 447 g/mol. The van der Waals surface area contributed by atoms with E-state index in [1.54, 1.807) is 18.4 Å². The Bertz CT molecular complexity index is 612. The number of hydrogen-bond donors (Lipinski definition) is 2. The Kier molecular flexibility index (Phi) is 9.73. The molecule has 2 aromatic rings. The standard InChI is InChI=1S/C17H30N6S.HI/c1-13(2)23(14(3)4)8-6-7-19-16(18-5)20-11-15-12-22-9-10-24-17(22)21-15;/h9-10,12-14H,6-8,11H2,1-5H3,(H2,18,19,20);1H. The molecular formula is C17H31IN6S. The Labute approximate surface area is 172 Å². The Morgan fingerprint density at radius 3 is 2.60 bits per heavy atom. The highest BCUT2D eigenvalue weighted by Crippen LogP contribution is 2.11. The third-order valence-electron chi connectivity index (χ3n) is 4.02. The summed E-state index contributed by atoms with van der Waals surface area (Å²) in [6, 6.07) is 1.16. The van der Waals surface area contributed by atoms with Crippen LogP contribution in [0.3, 0.4) is 0 Å². The first kappa shape index (κ1) is 22.2. The van der Waals surface area contributed by atoms with Gasteiger partial charge < -0.3 is 10.6 Å². The molecule has 25 heavy (non-hydrogen) atoms. The number of fused-ring (bicyclic) bond motifs is 1. The maximum absolute atomic E-state index is 4.57. The van der Waals surface area contributed by atoms with Crippen molar-refractivity contribution in [3.8, 4) is 0 Å². The molecule has 0 aromatic carbocycles. The molecule has 2 aromatic heterocycles. The molecule has 0 saturated carbocycles. The zero-order valence-corrected chi connectivity index (χ0v) is 19.0. The third kappa shape index (κ3) is 6.74. The van der Waals surface area contributed by atoms with Crippen molar-refractivity contribution < 1.29 is 0 Å². The average molecular weight is 478 g/mol. The van der Waals surface area contributed by atoms with Crippen LogP contribution in [-0.2, 0) is 6.54 Å². The minimum absolute atomic E-state index is 0. The van der Waals surface area contributed by atoms with Crippen LogP contribution in [0.1, 0.15) is 39.8 Å². The van der Waals surface area contributed by atoms with Crippen molar-refractivity contribution in [1.29, 1.82) is 0 Å². The Morgan fingerprint density at radius 1 is 1.28 bits per heavy atom. The molecule has 0 saturated heterocycles. The average Bonchev–Trinajstić information content (AvgIpc) is 3.10. The van der Waals surface area contributed by atoms with Crippen molar-refractivity contribution >= 4 is 46.2 Å². The van der Waals surface area contributed by atoms with Gasteiger partial charge in [0.2, 0.25) is 0 Å². The number of rotatable bonds is 8. The number of nitrogens with zero attached hydrogens (tertiary/aromatic N) is 4. The van der Waals surface area contributed by atoms with Gasteiger partial charge in [-0.15, -0.1) is 35.3 Å². The molecule has 6 nitrogen and oxygen atoms in total. The number of halogens is 1. The zero-order chi connectivity index (χ0) is 17.5. The van der Waals surface area contributed by atoms with E-state index < -0.39 is 0 Å². The summed E-state index contributed by atoms with van der Waals surface area (Å²) < 4.78 is 2.05. The second-order valence-corrected chi connectivity index (χ2v) is 7.33. The first-order chi connectivity index (χ1) is 11.5. The van der Waals surface area contributed by atoms with Gasteiger partial charge in [0.25, 0.3) is 0 Å². The van der Waals surface area contributed by atoms with Crippen LogP contribution in [0, 0.1) is 0 Å². The first-order valence-electron chi connectivity index (χ1n) is 8.62. The number of nitrogens with one attached hydrogen (secondary N) is 2. The molecule has 0 amide bonds. The lowest BCUT2D eigenvalue weighted by Gasteiger charge is -2.30. The van der Waals surface area contributed by atoms with Crippen molar-refractivity contribution in [2.75, 3.05) is 20.1 Å². The quantitative estimate of drug-likeness (QED) is 0.265. The third-order valence-corrected chi connectivity index (χ3v) is 4.79. The van der Waals surface area contributed by atoms with Gasteiger partial charge >= 0.3 is 0 Å². The van der Waals surface area contributed by atoms with Gasteiger partial charge in [-0.1, -0.05) is 0 Å². The molecule has 0 unspecified atom stereocenters. The molecule has 2 rings (SSSR count). The molecule has 0 spiro atoms.